The van der Waals surface area contributed by atoms with Gasteiger partial charge in [0.05, 0.1) is 27.2 Å². The van der Waals surface area contributed by atoms with Gasteiger partial charge in [-0.05, 0) is 17.3 Å². The Balaban J connectivity index is 2.86. The molecule has 1 heteroatoms. The quantitative estimate of drug-likeness (QED) is 0.649. The zero-order chi connectivity index (χ0) is 13.5. The Morgan fingerprint density at radius 1 is 1.00 bits per heavy atom. The molecule has 1 aliphatic rings. The number of quaternary nitrogens is 1. The first-order chi connectivity index (χ1) is 7.47. The molecule has 0 aromatic carbocycles. The van der Waals surface area contributed by atoms with Gasteiger partial charge in [0.1, 0.15) is 0 Å². The molecule has 0 amide bonds. The van der Waals surface area contributed by atoms with Crippen LogP contribution < -0.4 is 0 Å². The highest BCUT2D eigenvalue weighted by Gasteiger charge is 2.47. The zero-order valence-electron chi connectivity index (χ0n) is 13.4. The molecule has 0 aromatic heterocycles. The molecule has 1 fully saturated rings. The lowest BCUT2D eigenvalue weighted by atomic mass is 9.68. The van der Waals surface area contributed by atoms with E-state index in [1.54, 1.807) is 0 Å². The van der Waals surface area contributed by atoms with Gasteiger partial charge < -0.3 is 4.48 Å². The minimum atomic E-state index is 0.469. The molecule has 0 N–H and O–H groups in total. The van der Waals surface area contributed by atoms with Crippen LogP contribution in [0.15, 0.2) is 0 Å². The summed E-state index contributed by atoms with van der Waals surface area (Å²) in [5.41, 5.74) is 0.971. The van der Waals surface area contributed by atoms with Crippen LogP contribution in [0.25, 0.3) is 0 Å². The molecular formula is C16H34N+. The SMILES string of the molecule is CCC(C)(C)C1C[N+](C)(C)CC1CC(C)(C)C. The lowest BCUT2D eigenvalue weighted by Crippen LogP contribution is -2.38. The van der Waals surface area contributed by atoms with E-state index in [-0.39, 0.29) is 0 Å². The zero-order valence-corrected chi connectivity index (χ0v) is 13.4. The first kappa shape index (κ1) is 15.0. The summed E-state index contributed by atoms with van der Waals surface area (Å²) < 4.78 is 1.22. The van der Waals surface area contributed by atoms with Crippen LogP contribution in [0.2, 0.25) is 0 Å². The summed E-state index contributed by atoms with van der Waals surface area (Å²) in [4.78, 5) is 0. The fourth-order valence-corrected chi connectivity index (χ4v) is 3.66. The van der Waals surface area contributed by atoms with Crippen molar-refractivity contribution in [3.05, 3.63) is 0 Å². The van der Waals surface area contributed by atoms with E-state index >= 15 is 0 Å². The number of hydrogen-bond donors (Lipinski definition) is 0. The summed E-state index contributed by atoms with van der Waals surface area (Å²) in [6.45, 7) is 17.2. The molecule has 0 bridgehead atoms. The first-order valence-electron chi connectivity index (χ1n) is 7.29. The molecule has 1 nitrogen and oxygen atoms in total. The summed E-state index contributed by atoms with van der Waals surface area (Å²) in [5, 5.41) is 0. The van der Waals surface area contributed by atoms with E-state index < -0.39 is 0 Å². The average molecular weight is 240 g/mol. The van der Waals surface area contributed by atoms with E-state index in [0.717, 1.165) is 11.8 Å². The highest BCUT2D eigenvalue weighted by Crippen LogP contribution is 2.45. The van der Waals surface area contributed by atoms with E-state index in [2.05, 4.69) is 55.6 Å². The standard InChI is InChI=1S/C16H34N/c1-9-16(5,6)14-12-17(7,8)11-13(14)10-15(2,3)4/h13-14H,9-12H2,1-8H3/q+1. The second-order valence-electron chi connectivity index (χ2n) is 8.77. The molecule has 102 valence electrons. The minimum absolute atomic E-state index is 0.469. The maximum Gasteiger partial charge on any atom is 0.0821 e. The number of hydrogen-bond acceptors (Lipinski definition) is 0. The molecule has 17 heavy (non-hydrogen) atoms. The van der Waals surface area contributed by atoms with Crippen molar-refractivity contribution in [3.63, 3.8) is 0 Å². The van der Waals surface area contributed by atoms with E-state index in [4.69, 9.17) is 0 Å². The van der Waals surface area contributed by atoms with Crippen molar-refractivity contribution in [2.45, 2.75) is 54.4 Å². The minimum Gasteiger partial charge on any atom is -0.328 e. The highest BCUT2D eigenvalue weighted by atomic mass is 15.3. The van der Waals surface area contributed by atoms with Gasteiger partial charge in [-0.15, -0.1) is 0 Å². The molecule has 0 saturated carbocycles. The van der Waals surface area contributed by atoms with Gasteiger partial charge in [0.2, 0.25) is 0 Å². The Labute approximate surface area is 109 Å². The van der Waals surface area contributed by atoms with E-state index in [1.807, 2.05) is 0 Å². The Morgan fingerprint density at radius 2 is 1.53 bits per heavy atom. The van der Waals surface area contributed by atoms with Crippen LogP contribution in [-0.4, -0.2) is 31.7 Å². The number of rotatable bonds is 3. The lowest BCUT2D eigenvalue weighted by Gasteiger charge is -2.35. The fourth-order valence-electron chi connectivity index (χ4n) is 3.66. The maximum atomic E-state index is 2.47. The number of nitrogens with zero attached hydrogens (tertiary/aromatic N) is 1. The van der Waals surface area contributed by atoms with E-state index in [9.17, 15) is 0 Å². The van der Waals surface area contributed by atoms with Crippen LogP contribution in [0.3, 0.4) is 0 Å². The summed E-state index contributed by atoms with van der Waals surface area (Å²) in [5.74, 6) is 1.79. The van der Waals surface area contributed by atoms with Gasteiger partial charge in [-0.2, -0.15) is 0 Å². The first-order valence-corrected chi connectivity index (χ1v) is 7.29. The van der Waals surface area contributed by atoms with Crippen molar-refractivity contribution >= 4 is 0 Å². The molecule has 2 atom stereocenters. The third kappa shape index (κ3) is 3.98. The number of likely N-dealkylation sites (tertiary alicyclic amines) is 1. The topological polar surface area (TPSA) is 0 Å². The highest BCUT2D eigenvalue weighted by molar-refractivity contribution is 4.88. The van der Waals surface area contributed by atoms with E-state index in [1.165, 1.54) is 30.4 Å². The molecular weight excluding hydrogens is 206 g/mol. The van der Waals surface area contributed by atoms with Gasteiger partial charge in [0.25, 0.3) is 0 Å². The largest absolute Gasteiger partial charge is 0.328 e. The van der Waals surface area contributed by atoms with Gasteiger partial charge in [-0.1, -0.05) is 48.0 Å². The molecule has 0 aromatic rings. The monoisotopic (exact) mass is 240 g/mol. The van der Waals surface area contributed by atoms with Crippen LogP contribution in [-0.2, 0) is 0 Å². The Bertz CT molecular complexity index is 257. The predicted molar refractivity (Wildman–Crippen MR) is 77.0 cm³/mol. The maximum absolute atomic E-state index is 2.47. The molecule has 0 radical (unpaired) electrons. The van der Waals surface area contributed by atoms with Crippen LogP contribution in [0.5, 0.6) is 0 Å². The van der Waals surface area contributed by atoms with Crippen molar-refractivity contribution in [1.29, 1.82) is 0 Å². The lowest BCUT2D eigenvalue weighted by molar-refractivity contribution is -0.881. The van der Waals surface area contributed by atoms with Crippen LogP contribution in [0, 0.1) is 22.7 Å². The molecule has 0 aliphatic carbocycles. The smallest absolute Gasteiger partial charge is 0.0821 e. The van der Waals surface area contributed by atoms with Gasteiger partial charge in [0, 0.05) is 11.8 Å². The average Bonchev–Trinajstić information content (AvgIpc) is 2.38. The van der Waals surface area contributed by atoms with Crippen molar-refractivity contribution < 1.29 is 4.48 Å². The van der Waals surface area contributed by atoms with Gasteiger partial charge >= 0.3 is 0 Å². The molecule has 2 unspecified atom stereocenters. The van der Waals surface area contributed by atoms with Gasteiger partial charge in [-0.3, -0.25) is 0 Å². The van der Waals surface area contributed by atoms with Gasteiger partial charge in [-0.25, -0.2) is 0 Å². The fraction of sp³-hybridized carbons (Fsp3) is 1.00. The molecule has 0 spiro atoms. The molecule has 1 heterocycles. The molecule has 1 aliphatic heterocycles. The predicted octanol–water partition coefficient (Wildman–Crippen LogP) is 4.18. The second kappa shape index (κ2) is 4.57. The summed E-state index contributed by atoms with van der Waals surface area (Å²) >= 11 is 0. The third-order valence-electron chi connectivity index (χ3n) is 4.78. The van der Waals surface area contributed by atoms with Crippen molar-refractivity contribution in [1.82, 2.24) is 0 Å². The molecule has 1 rings (SSSR count). The third-order valence-corrected chi connectivity index (χ3v) is 4.78. The van der Waals surface area contributed by atoms with Crippen LogP contribution in [0.1, 0.15) is 54.4 Å². The summed E-state index contributed by atoms with van der Waals surface area (Å²) in [7, 11) is 4.81. The van der Waals surface area contributed by atoms with Crippen LogP contribution >= 0.6 is 0 Å². The van der Waals surface area contributed by atoms with Gasteiger partial charge in [0.15, 0.2) is 0 Å². The van der Waals surface area contributed by atoms with Crippen LogP contribution in [0.4, 0.5) is 0 Å². The Morgan fingerprint density at radius 3 is 1.94 bits per heavy atom. The molecule has 1 saturated heterocycles. The van der Waals surface area contributed by atoms with Crippen molar-refractivity contribution in [2.75, 3.05) is 27.2 Å². The summed E-state index contributed by atoms with van der Waals surface area (Å²) in [6.07, 6.45) is 2.68. The van der Waals surface area contributed by atoms with Crippen molar-refractivity contribution in [2.24, 2.45) is 22.7 Å². The normalized spacial score (nSPS) is 29.6. The second-order valence-corrected chi connectivity index (χ2v) is 8.77. The van der Waals surface area contributed by atoms with E-state index in [0.29, 0.717) is 10.8 Å². The van der Waals surface area contributed by atoms with Crippen molar-refractivity contribution in [3.8, 4) is 0 Å². The Kier molecular flexibility index (Phi) is 4.04. The Hall–Kier alpha value is -0.0400. The summed E-state index contributed by atoms with van der Waals surface area (Å²) in [6, 6.07) is 0.